The maximum absolute atomic E-state index is 13.7. The lowest BCUT2D eigenvalue weighted by Crippen LogP contribution is -2.62. The van der Waals surface area contributed by atoms with Gasteiger partial charge in [-0.2, -0.15) is 0 Å². The summed E-state index contributed by atoms with van der Waals surface area (Å²) in [6, 6.07) is 7.88. The minimum absolute atomic E-state index is 0. The molecule has 12 nitrogen and oxygen atoms in total. The van der Waals surface area contributed by atoms with Gasteiger partial charge in [0, 0.05) is 11.2 Å². The van der Waals surface area contributed by atoms with E-state index in [0.717, 1.165) is 22.3 Å². The van der Waals surface area contributed by atoms with Crippen LogP contribution in [0.4, 0.5) is 0 Å². The second-order valence-electron chi connectivity index (χ2n) is 12.7. The Bertz CT molecular complexity index is 1470. The predicted octanol–water partition coefficient (Wildman–Crippen LogP) is 2.24. The molecule has 2 aromatic carbocycles. The molecule has 48 heavy (non-hydrogen) atoms. The first-order chi connectivity index (χ1) is 21.9. The highest BCUT2D eigenvalue weighted by Gasteiger charge is 2.44. The van der Waals surface area contributed by atoms with Crippen LogP contribution in [0.3, 0.4) is 0 Å². The molecule has 1 aliphatic heterocycles. The van der Waals surface area contributed by atoms with Crippen molar-refractivity contribution in [2.24, 2.45) is 5.73 Å². The molecule has 0 radical (unpaired) electrons. The Hall–Kier alpha value is -3.46. The van der Waals surface area contributed by atoms with E-state index in [1.165, 1.54) is 28.7 Å². The second-order valence-corrected chi connectivity index (χ2v) is 16.1. The van der Waals surface area contributed by atoms with Gasteiger partial charge in [0.25, 0.3) is 0 Å². The van der Waals surface area contributed by atoms with Crippen molar-refractivity contribution in [2.45, 2.75) is 88.0 Å². The largest absolute Gasteiger partial charge is 0.508 e. The molecule has 4 atom stereocenters. The Balaban J connectivity index is 0.00000800. The van der Waals surface area contributed by atoms with Crippen molar-refractivity contribution in [1.82, 2.24) is 21.3 Å². The molecule has 0 aliphatic carbocycles. The Kier molecular flexibility index (Phi) is 14.7. The Morgan fingerprint density at radius 2 is 1.58 bits per heavy atom. The van der Waals surface area contributed by atoms with Gasteiger partial charge >= 0.3 is 5.97 Å². The highest BCUT2D eigenvalue weighted by molar-refractivity contribution is 8.77. The second kappa shape index (κ2) is 17.3. The first-order valence-corrected chi connectivity index (χ1v) is 17.3. The molecule has 0 spiro atoms. The number of aromatic hydroxyl groups is 1. The minimum Gasteiger partial charge on any atom is -0.508 e. The van der Waals surface area contributed by atoms with Crippen molar-refractivity contribution in [3.63, 3.8) is 0 Å². The first kappa shape index (κ1) is 40.7. The molecule has 3 rings (SSSR count). The average molecular weight is 724 g/mol. The number of aryl methyl sites for hydroxylation is 2. The molecule has 264 valence electrons. The third-order valence-corrected chi connectivity index (χ3v) is 12.2. The van der Waals surface area contributed by atoms with E-state index in [2.05, 4.69) is 21.3 Å². The van der Waals surface area contributed by atoms with E-state index in [1.54, 1.807) is 39.8 Å². The average Bonchev–Trinajstić information content (AvgIpc) is 3.01. The van der Waals surface area contributed by atoms with Crippen molar-refractivity contribution in [2.75, 3.05) is 13.7 Å². The van der Waals surface area contributed by atoms with Gasteiger partial charge in [0.05, 0.1) is 24.4 Å². The zero-order valence-corrected chi connectivity index (χ0v) is 30.6. The molecule has 0 unspecified atom stereocenters. The molecule has 1 fully saturated rings. The van der Waals surface area contributed by atoms with E-state index in [0.29, 0.717) is 0 Å². The van der Waals surface area contributed by atoms with Crippen LogP contribution < -0.4 is 27.0 Å². The molecular formula is C33H46ClN5O7S2. The molecule has 1 saturated heterocycles. The van der Waals surface area contributed by atoms with Crippen LogP contribution in [-0.2, 0) is 41.6 Å². The van der Waals surface area contributed by atoms with Gasteiger partial charge in [-0.3, -0.25) is 19.2 Å². The van der Waals surface area contributed by atoms with Gasteiger partial charge in [-0.1, -0.05) is 51.9 Å². The zero-order valence-electron chi connectivity index (χ0n) is 28.2. The number of esters is 1. The van der Waals surface area contributed by atoms with Crippen molar-refractivity contribution in [1.29, 1.82) is 0 Å². The summed E-state index contributed by atoms with van der Waals surface area (Å²) in [5, 5.41) is 20.8. The quantitative estimate of drug-likeness (QED) is 0.183. The van der Waals surface area contributed by atoms with Crippen molar-refractivity contribution < 1.29 is 33.8 Å². The standard InChI is InChI=1S/C33H45N5O7S2.ClH/c1-18-13-21(39)14-19(2)22(18)16-23(34)28(41)37-26-30(43)35-17-25(40)36-24(15-20-11-9-8-10-12-20)29(42)38-27(31(44)45-7)33(5,6)47-46-32(26,3)4;/h8-14,23-24,26-27,39H,15-17,34H2,1-7H3,(H,35,43)(H,36,40)(H,37,41)(H,38,42);1H/t23-,24+,26+,27+;/m0./s1. The van der Waals surface area contributed by atoms with E-state index >= 15 is 0 Å². The summed E-state index contributed by atoms with van der Waals surface area (Å²) < 4.78 is 3.06. The van der Waals surface area contributed by atoms with Crippen LogP contribution in [0.5, 0.6) is 5.75 Å². The van der Waals surface area contributed by atoms with Crippen LogP contribution in [0.1, 0.15) is 49.9 Å². The molecule has 0 saturated carbocycles. The highest BCUT2D eigenvalue weighted by Crippen LogP contribution is 2.46. The van der Waals surface area contributed by atoms with Gasteiger partial charge in [-0.05, 0) is 82.3 Å². The van der Waals surface area contributed by atoms with Gasteiger partial charge in [-0.25, -0.2) is 4.79 Å². The summed E-state index contributed by atoms with van der Waals surface area (Å²) in [6.45, 7) is 10.2. The molecule has 1 heterocycles. The van der Waals surface area contributed by atoms with E-state index < -0.39 is 69.8 Å². The fourth-order valence-corrected chi connectivity index (χ4v) is 7.98. The fourth-order valence-electron chi connectivity index (χ4n) is 5.17. The van der Waals surface area contributed by atoms with Gasteiger partial charge in [0.15, 0.2) is 0 Å². The molecular weight excluding hydrogens is 678 g/mol. The zero-order chi connectivity index (χ0) is 35.1. The Labute approximate surface area is 295 Å². The number of methoxy groups -OCH3 is 1. The number of benzene rings is 2. The number of phenolic OH excluding ortho intramolecular Hbond substituents is 1. The summed E-state index contributed by atoms with van der Waals surface area (Å²) in [7, 11) is 3.71. The summed E-state index contributed by atoms with van der Waals surface area (Å²) in [5.74, 6) is -3.00. The van der Waals surface area contributed by atoms with Gasteiger partial charge in [0.2, 0.25) is 23.6 Å². The van der Waals surface area contributed by atoms with Crippen LogP contribution in [0.25, 0.3) is 0 Å². The van der Waals surface area contributed by atoms with Gasteiger partial charge in [-0.15, -0.1) is 12.4 Å². The van der Waals surface area contributed by atoms with E-state index in [9.17, 15) is 29.1 Å². The number of ether oxygens (including phenoxy) is 1. The highest BCUT2D eigenvalue weighted by atomic mass is 35.5. The number of nitrogens with one attached hydrogen (secondary N) is 4. The summed E-state index contributed by atoms with van der Waals surface area (Å²) in [5.41, 5.74) is 9.47. The van der Waals surface area contributed by atoms with Crippen molar-refractivity contribution in [3.05, 3.63) is 64.7 Å². The third kappa shape index (κ3) is 10.8. The third-order valence-electron chi connectivity index (χ3n) is 7.93. The molecule has 1 aliphatic rings. The first-order valence-electron chi connectivity index (χ1n) is 15.2. The monoisotopic (exact) mass is 723 g/mol. The number of nitrogens with two attached hydrogens (primary N) is 1. The molecule has 7 N–H and O–H groups in total. The van der Waals surface area contributed by atoms with Gasteiger partial charge < -0.3 is 36.8 Å². The number of rotatable bonds is 7. The molecule has 15 heteroatoms. The van der Waals surface area contributed by atoms with E-state index in [-0.39, 0.29) is 31.0 Å². The normalized spacial score (nSPS) is 22.0. The Morgan fingerprint density at radius 3 is 2.17 bits per heavy atom. The number of halogens is 1. The van der Waals surface area contributed by atoms with Crippen LogP contribution in [0.2, 0.25) is 0 Å². The van der Waals surface area contributed by atoms with Gasteiger partial charge in [0.1, 0.15) is 23.9 Å². The number of amides is 4. The van der Waals surface area contributed by atoms with Crippen LogP contribution in [-0.4, -0.2) is 82.0 Å². The number of carbonyl (C=O) groups excluding carboxylic acids is 5. The minimum atomic E-state index is -1.15. The van der Waals surface area contributed by atoms with E-state index in [4.69, 9.17) is 10.5 Å². The van der Waals surface area contributed by atoms with Crippen LogP contribution >= 0.6 is 34.0 Å². The molecule has 0 aromatic heterocycles. The topological polar surface area (TPSA) is 189 Å². The smallest absolute Gasteiger partial charge is 0.329 e. The number of carbonyl (C=O) groups is 5. The lowest BCUT2D eigenvalue weighted by Gasteiger charge is -2.38. The Morgan fingerprint density at radius 1 is 1.00 bits per heavy atom. The lowest BCUT2D eigenvalue weighted by atomic mass is 9.95. The predicted molar refractivity (Wildman–Crippen MR) is 191 cm³/mol. The fraction of sp³-hybridized carbons (Fsp3) is 0.485. The summed E-state index contributed by atoms with van der Waals surface area (Å²) in [6.07, 6.45) is 0.297. The van der Waals surface area contributed by atoms with Crippen LogP contribution in [0, 0.1) is 13.8 Å². The molecule has 0 bridgehead atoms. The van der Waals surface area contributed by atoms with Crippen molar-refractivity contribution in [3.8, 4) is 5.75 Å². The maximum atomic E-state index is 13.7. The SMILES string of the molecule is COC(=O)[C@H]1NC(=O)[C@@H](Cc2ccccc2)NC(=O)CNC(=O)[C@@H](NC(=O)[C@@H](N)Cc2c(C)cc(O)cc2C)C(C)(C)SSC1(C)C.Cl. The lowest BCUT2D eigenvalue weighted by molar-refractivity contribution is -0.146. The number of phenols is 1. The summed E-state index contributed by atoms with van der Waals surface area (Å²) in [4.78, 5) is 66.8. The maximum Gasteiger partial charge on any atom is 0.329 e. The van der Waals surface area contributed by atoms with Crippen LogP contribution in [0.15, 0.2) is 42.5 Å². The van der Waals surface area contributed by atoms with Crippen molar-refractivity contribution >= 4 is 63.6 Å². The molecule has 2 aromatic rings. The van der Waals surface area contributed by atoms with E-state index in [1.807, 2.05) is 44.2 Å². The molecule has 4 amide bonds. The number of hydrogen-bond acceptors (Lipinski definition) is 10. The summed E-state index contributed by atoms with van der Waals surface area (Å²) >= 11 is 0. The number of hydrogen-bond donors (Lipinski definition) is 6.